The molecule has 1 aromatic rings. The number of methoxy groups -OCH3 is 1. The number of carbonyl (C=O) groups excluding carboxylic acids is 1. The van der Waals surface area contributed by atoms with Crippen LogP contribution < -0.4 is 0 Å². The van der Waals surface area contributed by atoms with Gasteiger partial charge in [0.05, 0.1) is 20.1 Å². The van der Waals surface area contributed by atoms with Crippen molar-refractivity contribution in [2.45, 2.75) is 18.6 Å². The van der Waals surface area contributed by atoms with Gasteiger partial charge in [-0.15, -0.1) is 13.2 Å². The number of amides is 1. The topological polar surface area (TPSA) is 60.4 Å². The molecule has 2 aliphatic rings. The third-order valence-corrected chi connectivity index (χ3v) is 3.37. The number of oxime groups is 1. The molecule has 0 saturated carbocycles. The molecule has 122 valence electrons. The van der Waals surface area contributed by atoms with Gasteiger partial charge in [-0.1, -0.05) is 35.5 Å². The molecule has 1 unspecified atom stereocenters. The summed E-state index contributed by atoms with van der Waals surface area (Å²) in [6.45, 7) is 6.36. The van der Waals surface area contributed by atoms with E-state index < -0.39 is 6.09 Å². The highest BCUT2D eigenvalue weighted by Gasteiger charge is 2.35. The van der Waals surface area contributed by atoms with Crippen molar-refractivity contribution in [2.24, 2.45) is 5.16 Å². The Labute approximate surface area is 135 Å². The summed E-state index contributed by atoms with van der Waals surface area (Å²) in [7, 11) is 1.34. The van der Waals surface area contributed by atoms with Crippen LogP contribution in [-0.4, -0.2) is 42.8 Å². The van der Waals surface area contributed by atoms with Gasteiger partial charge in [-0.05, 0) is 11.6 Å². The van der Waals surface area contributed by atoms with E-state index in [1.807, 2.05) is 30.3 Å². The molecular weight excluding hydrogens is 296 g/mol. The fourth-order valence-corrected chi connectivity index (χ4v) is 2.28. The zero-order valence-corrected chi connectivity index (χ0v) is 13.1. The van der Waals surface area contributed by atoms with Gasteiger partial charge in [0, 0.05) is 6.20 Å². The van der Waals surface area contributed by atoms with Crippen LogP contribution in [0.2, 0.25) is 0 Å². The number of rotatable bonds is 2. The predicted octanol–water partition coefficient (Wildman–Crippen LogP) is 2.72. The Bertz CT molecular complexity index is 586. The van der Waals surface area contributed by atoms with E-state index in [1.54, 1.807) is 12.3 Å². The molecule has 1 aromatic carbocycles. The summed E-state index contributed by atoms with van der Waals surface area (Å²) in [6.07, 6.45) is 3.05. The normalized spacial score (nSPS) is 21.6. The van der Waals surface area contributed by atoms with Crippen molar-refractivity contribution >= 4 is 12.0 Å². The first-order valence-corrected chi connectivity index (χ1v) is 7.22. The molecular formula is C17H20N2O4. The molecule has 2 atom stereocenters. The number of carbonyl (C=O) groups is 1. The minimum absolute atomic E-state index is 0.234. The molecule has 0 saturated heterocycles. The number of hydrogen-bond donors (Lipinski definition) is 0. The molecule has 6 nitrogen and oxygen atoms in total. The number of nitrogens with zero attached hydrogens (tertiary/aromatic N) is 2. The summed E-state index contributed by atoms with van der Waals surface area (Å²) < 4.78 is 10.5. The van der Waals surface area contributed by atoms with Crippen LogP contribution in [0.15, 0.2) is 60.9 Å². The third-order valence-electron chi connectivity index (χ3n) is 3.37. The van der Waals surface area contributed by atoms with E-state index in [2.05, 4.69) is 23.1 Å². The molecule has 0 aromatic heterocycles. The van der Waals surface area contributed by atoms with Gasteiger partial charge in [-0.3, -0.25) is 4.90 Å². The van der Waals surface area contributed by atoms with Crippen LogP contribution in [0, 0.1) is 0 Å². The van der Waals surface area contributed by atoms with Crippen LogP contribution >= 0.6 is 0 Å². The summed E-state index contributed by atoms with van der Waals surface area (Å²) >= 11 is 0. The van der Waals surface area contributed by atoms with Crippen LogP contribution in [0.1, 0.15) is 5.56 Å². The molecule has 2 aliphatic heterocycles. The van der Waals surface area contributed by atoms with E-state index in [9.17, 15) is 4.79 Å². The number of fused-ring (bicyclic) bond motifs is 1. The molecule has 2 heterocycles. The second-order valence-electron chi connectivity index (χ2n) is 4.84. The minimum Gasteiger partial charge on any atom is -0.467 e. The predicted molar refractivity (Wildman–Crippen MR) is 86.8 cm³/mol. The number of benzene rings is 1. The van der Waals surface area contributed by atoms with E-state index in [0.29, 0.717) is 18.9 Å². The van der Waals surface area contributed by atoms with E-state index in [-0.39, 0.29) is 12.2 Å². The van der Waals surface area contributed by atoms with Gasteiger partial charge in [-0.2, -0.15) is 0 Å². The summed E-state index contributed by atoms with van der Waals surface area (Å²) in [4.78, 5) is 18.4. The highest BCUT2D eigenvalue weighted by molar-refractivity contribution is 5.79. The monoisotopic (exact) mass is 316 g/mol. The maximum atomic E-state index is 11.5. The Morgan fingerprint density at radius 2 is 2.13 bits per heavy atom. The van der Waals surface area contributed by atoms with Crippen LogP contribution in [0.4, 0.5) is 4.79 Å². The molecule has 0 spiro atoms. The van der Waals surface area contributed by atoms with Crippen molar-refractivity contribution in [3.63, 3.8) is 0 Å². The fourth-order valence-electron chi connectivity index (χ4n) is 2.28. The Kier molecular flexibility index (Phi) is 5.80. The Balaban J connectivity index is 0.000000924. The second-order valence-corrected chi connectivity index (χ2v) is 4.84. The Morgan fingerprint density at radius 1 is 1.39 bits per heavy atom. The van der Waals surface area contributed by atoms with Crippen molar-refractivity contribution in [1.29, 1.82) is 0 Å². The van der Waals surface area contributed by atoms with Crippen LogP contribution in [0.25, 0.3) is 0 Å². The SMILES string of the molecule is C=C.COC(=O)N1C=CC2OC(Cc3ccccc3)=NO[C@H]2C1. The van der Waals surface area contributed by atoms with Crippen molar-refractivity contribution in [1.82, 2.24) is 4.90 Å². The first-order chi connectivity index (χ1) is 11.3. The van der Waals surface area contributed by atoms with E-state index >= 15 is 0 Å². The molecule has 0 radical (unpaired) electrons. The summed E-state index contributed by atoms with van der Waals surface area (Å²) in [5, 5.41) is 4.01. The fraction of sp³-hybridized carbons (Fsp3) is 0.294. The molecule has 0 bridgehead atoms. The lowest BCUT2D eigenvalue weighted by Gasteiger charge is -2.34. The van der Waals surface area contributed by atoms with Gasteiger partial charge >= 0.3 is 6.09 Å². The Morgan fingerprint density at radius 3 is 2.83 bits per heavy atom. The van der Waals surface area contributed by atoms with Crippen molar-refractivity contribution in [3.8, 4) is 0 Å². The maximum absolute atomic E-state index is 11.5. The van der Waals surface area contributed by atoms with Gasteiger partial charge in [0.15, 0.2) is 12.2 Å². The van der Waals surface area contributed by atoms with Crippen molar-refractivity contribution in [2.75, 3.05) is 13.7 Å². The highest BCUT2D eigenvalue weighted by Crippen LogP contribution is 2.21. The summed E-state index contributed by atoms with van der Waals surface area (Å²) in [5.74, 6) is 0.540. The third kappa shape index (κ3) is 4.12. The van der Waals surface area contributed by atoms with Crippen LogP contribution in [0.5, 0.6) is 0 Å². The molecule has 1 amide bonds. The molecule has 3 rings (SSSR count). The highest BCUT2D eigenvalue weighted by atomic mass is 16.7. The zero-order valence-electron chi connectivity index (χ0n) is 13.1. The second kappa shape index (κ2) is 8.03. The van der Waals surface area contributed by atoms with Gasteiger partial charge in [0.25, 0.3) is 0 Å². The largest absolute Gasteiger partial charge is 0.467 e. The van der Waals surface area contributed by atoms with Crippen LogP contribution in [0.3, 0.4) is 0 Å². The van der Waals surface area contributed by atoms with Gasteiger partial charge in [-0.25, -0.2) is 4.79 Å². The first kappa shape index (κ1) is 16.6. The van der Waals surface area contributed by atoms with Gasteiger partial charge in [0.1, 0.15) is 0 Å². The first-order valence-electron chi connectivity index (χ1n) is 7.22. The summed E-state index contributed by atoms with van der Waals surface area (Å²) in [5.41, 5.74) is 1.11. The minimum atomic E-state index is -0.424. The van der Waals surface area contributed by atoms with Gasteiger partial charge < -0.3 is 14.3 Å². The molecule has 0 fully saturated rings. The summed E-state index contributed by atoms with van der Waals surface area (Å²) in [6, 6.07) is 9.92. The number of hydrogen-bond acceptors (Lipinski definition) is 5. The lowest BCUT2D eigenvalue weighted by Crippen LogP contribution is -2.47. The average molecular weight is 316 g/mol. The van der Waals surface area contributed by atoms with Crippen molar-refractivity contribution < 1.29 is 19.1 Å². The lowest BCUT2D eigenvalue weighted by atomic mass is 10.1. The molecule has 23 heavy (non-hydrogen) atoms. The standard InChI is InChI=1S/C15H16N2O4.C2H4/c1-19-15(18)17-8-7-12-13(10-17)21-16-14(20-12)9-11-5-3-2-4-6-11;1-2/h2-8,12-13H,9-10H2,1H3;1-2H2/t12?,13-;/m0./s1. The van der Waals surface area contributed by atoms with E-state index in [1.165, 1.54) is 12.0 Å². The molecule has 6 heteroatoms. The van der Waals surface area contributed by atoms with Gasteiger partial charge in [0.2, 0.25) is 5.90 Å². The smallest absolute Gasteiger partial charge is 0.413 e. The zero-order chi connectivity index (χ0) is 16.7. The quantitative estimate of drug-likeness (QED) is 0.787. The number of ether oxygens (including phenoxy) is 2. The lowest BCUT2D eigenvalue weighted by molar-refractivity contribution is -0.0579. The van der Waals surface area contributed by atoms with Crippen LogP contribution in [-0.2, 0) is 20.7 Å². The average Bonchev–Trinajstić information content (AvgIpc) is 2.63. The maximum Gasteiger partial charge on any atom is 0.413 e. The van der Waals surface area contributed by atoms with E-state index in [4.69, 9.17) is 9.57 Å². The van der Waals surface area contributed by atoms with E-state index in [0.717, 1.165) is 5.56 Å². The Hall–Kier alpha value is -2.76. The molecule has 0 aliphatic carbocycles. The molecule has 0 N–H and O–H groups in total. The van der Waals surface area contributed by atoms with Crippen molar-refractivity contribution in [3.05, 3.63) is 61.3 Å².